The summed E-state index contributed by atoms with van der Waals surface area (Å²) in [4.78, 5) is 40.6. The molecule has 0 saturated carbocycles. The van der Waals surface area contributed by atoms with E-state index in [1.165, 1.54) is 9.80 Å². The number of Topliss-reactive ketones (excluding diaryl/α,β-unsaturated/α-hetero) is 1. The van der Waals surface area contributed by atoms with Crippen molar-refractivity contribution in [2.45, 2.75) is 19.0 Å². The van der Waals surface area contributed by atoms with Crippen molar-refractivity contribution < 1.29 is 31.9 Å². The number of hydrogen-bond donors (Lipinski definition) is 0. The van der Waals surface area contributed by atoms with Crippen LogP contribution in [0.25, 0.3) is 11.1 Å². The van der Waals surface area contributed by atoms with Crippen LogP contribution in [0.4, 0.5) is 17.6 Å². The number of alkyl halides is 3. The van der Waals surface area contributed by atoms with Crippen LogP contribution in [-0.2, 0) is 11.0 Å². The van der Waals surface area contributed by atoms with Gasteiger partial charge in [-0.2, -0.15) is 13.2 Å². The van der Waals surface area contributed by atoms with Gasteiger partial charge >= 0.3 is 6.18 Å². The Hall–Kier alpha value is -4.01. The topological polar surface area (TPSA) is 57.7 Å². The maximum atomic E-state index is 13.7. The molecule has 3 aromatic rings. The Morgan fingerprint density at radius 1 is 0.703 bits per heavy atom. The van der Waals surface area contributed by atoms with Gasteiger partial charge in [0.15, 0.2) is 5.78 Å². The molecule has 1 aliphatic rings. The number of piperazine rings is 1. The van der Waals surface area contributed by atoms with Crippen molar-refractivity contribution in [1.82, 2.24) is 9.80 Å². The standard InChI is InChI=1S/C28H24F4N2O3/c29-24-17-22(16-23(18-24)28(30,31)32)27(37)34-14-12-33(13-15-34)26(36)11-10-25(35)21-8-6-20(7-9-21)19-4-2-1-3-5-19/h1-9,16-18H,10-15H2. The zero-order chi connectivity index (χ0) is 26.6. The summed E-state index contributed by atoms with van der Waals surface area (Å²) in [6, 6.07) is 18.7. The van der Waals surface area contributed by atoms with E-state index in [4.69, 9.17) is 0 Å². The molecule has 1 heterocycles. The van der Waals surface area contributed by atoms with E-state index in [-0.39, 0.29) is 50.7 Å². The second-order valence-corrected chi connectivity index (χ2v) is 8.77. The van der Waals surface area contributed by atoms with E-state index in [1.807, 2.05) is 42.5 Å². The van der Waals surface area contributed by atoms with Crippen molar-refractivity contribution in [3.05, 3.63) is 95.3 Å². The van der Waals surface area contributed by atoms with E-state index in [0.717, 1.165) is 17.2 Å². The average molecular weight is 513 g/mol. The number of nitrogens with zero attached hydrogens (tertiary/aromatic N) is 2. The molecule has 0 aromatic heterocycles. The van der Waals surface area contributed by atoms with Crippen LogP contribution in [0.15, 0.2) is 72.8 Å². The van der Waals surface area contributed by atoms with Crippen LogP contribution in [0.2, 0.25) is 0 Å². The van der Waals surface area contributed by atoms with Crippen molar-refractivity contribution >= 4 is 17.6 Å². The molecule has 9 heteroatoms. The van der Waals surface area contributed by atoms with E-state index in [2.05, 4.69) is 0 Å². The van der Waals surface area contributed by atoms with Crippen LogP contribution in [0.3, 0.4) is 0 Å². The molecule has 192 valence electrons. The molecule has 3 aromatic carbocycles. The quantitative estimate of drug-likeness (QED) is 0.326. The summed E-state index contributed by atoms with van der Waals surface area (Å²) >= 11 is 0. The van der Waals surface area contributed by atoms with Gasteiger partial charge in [0.25, 0.3) is 5.91 Å². The van der Waals surface area contributed by atoms with E-state index in [0.29, 0.717) is 17.7 Å². The lowest BCUT2D eigenvalue weighted by Gasteiger charge is -2.35. The molecule has 0 spiro atoms. The number of benzene rings is 3. The summed E-state index contributed by atoms with van der Waals surface area (Å²) in [6.07, 6.45) is -4.73. The zero-order valence-corrected chi connectivity index (χ0v) is 19.8. The summed E-state index contributed by atoms with van der Waals surface area (Å²) in [5.74, 6) is -2.28. The monoisotopic (exact) mass is 512 g/mol. The second-order valence-electron chi connectivity index (χ2n) is 8.77. The van der Waals surface area contributed by atoms with Gasteiger partial charge in [-0.1, -0.05) is 54.6 Å². The van der Waals surface area contributed by atoms with Crippen molar-refractivity contribution in [1.29, 1.82) is 0 Å². The van der Waals surface area contributed by atoms with Crippen molar-refractivity contribution in [3.8, 4) is 11.1 Å². The van der Waals surface area contributed by atoms with Crippen molar-refractivity contribution in [3.63, 3.8) is 0 Å². The largest absolute Gasteiger partial charge is 0.416 e. The van der Waals surface area contributed by atoms with E-state index < -0.39 is 29.0 Å². The first-order chi connectivity index (χ1) is 17.6. The molecule has 2 amide bonds. The normalized spacial score (nSPS) is 13.9. The molecule has 0 aliphatic carbocycles. The minimum atomic E-state index is -4.77. The zero-order valence-electron chi connectivity index (χ0n) is 19.8. The molecular weight excluding hydrogens is 488 g/mol. The number of halogens is 4. The highest BCUT2D eigenvalue weighted by molar-refractivity contribution is 5.98. The van der Waals surface area contributed by atoms with Crippen LogP contribution in [-0.4, -0.2) is 53.6 Å². The van der Waals surface area contributed by atoms with Crippen LogP contribution < -0.4 is 0 Å². The Bertz CT molecular complexity index is 1280. The maximum absolute atomic E-state index is 13.7. The third-order valence-corrected chi connectivity index (χ3v) is 6.27. The number of hydrogen-bond acceptors (Lipinski definition) is 3. The molecular formula is C28H24F4N2O3. The Morgan fingerprint density at radius 3 is 1.92 bits per heavy atom. The number of amides is 2. The van der Waals surface area contributed by atoms with Gasteiger partial charge in [-0.05, 0) is 29.3 Å². The van der Waals surface area contributed by atoms with Gasteiger partial charge in [0.05, 0.1) is 5.56 Å². The van der Waals surface area contributed by atoms with Gasteiger partial charge in [0.2, 0.25) is 5.91 Å². The molecule has 0 N–H and O–H groups in total. The minimum absolute atomic E-state index is 0.00601. The Kier molecular flexibility index (Phi) is 7.71. The number of ketones is 1. The lowest BCUT2D eigenvalue weighted by molar-refractivity contribution is -0.138. The summed E-state index contributed by atoms with van der Waals surface area (Å²) in [5.41, 5.74) is 0.900. The first kappa shape index (κ1) is 26.1. The molecule has 0 unspecified atom stereocenters. The van der Waals surface area contributed by atoms with Gasteiger partial charge in [0, 0.05) is 50.1 Å². The molecule has 0 atom stereocenters. The fourth-order valence-electron chi connectivity index (χ4n) is 4.22. The van der Waals surface area contributed by atoms with Crippen LogP contribution in [0.1, 0.15) is 39.1 Å². The van der Waals surface area contributed by atoms with Gasteiger partial charge in [-0.3, -0.25) is 14.4 Å². The van der Waals surface area contributed by atoms with Crippen LogP contribution >= 0.6 is 0 Å². The first-order valence-corrected chi connectivity index (χ1v) is 11.8. The molecule has 4 rings (SSSR count). The first-order valence-electron chi connectivity index (χ1n) is 11.8. The highest BCUT2D eigenvalue weighted by Crippen LogP contribution is 2.31. The SMILES string of the molecule is O=C(CCC(=O)N1CCN(C(=O)c2cc(F)cc(C(F)(F)F)c2)CC1)c1ccc(-c2ccccc2)cc1. The Labute approximate surface area is 211 Å². The third kappa shape index (κ3) is 6.41. The molecule has 37 heavy (non-hydrogen) atoms. The second kappa shape index (κ2) is 10.9. The average Bonchev–Trinajstić information content (AvgIpc) is 2.91. The molecule has 1 fully saturated rings. The van der Waals surface area contributed by atoms with Crippen molar-refractivity contribution in [2.75, 3.05) is 26.2 Å². The van der Waals surface area contributed by atoms with Gasteiger partial charge in [0.1, 0.15) is 5.82 Å². The van der Waals surface area contributed by atoms with Gasteiger partial charge in [-0.25, -0.2) is 4.39 Å². The summed E-state index contributed by atoms with van der Waals surface area (Å²) in [7, 11) is 0. The number of carbonyl (C=O) groups is 3. The molecule has 1 saturated heterocycles. The third-order valence-electron chi connectivity index (χ3n) is 6.27. The number of rotatable bonds is 6. The highest BCUT2D eigenvalue weighted by Gasteiger charge is 2.33. The van der Waals surface area contributed by atoms with Crippen LogP contribution in [0.5, 0.6) is 0 Å². The molecule has 0 bridgehead atoms. The predicted octanol–water partition coefficient (Wildman–Crippen LogP) is 5.46. The predicted molar refractivity (Wildman–Crippen MR) is 129 cm³/mol. The molecule has 0 radical (unpaired) electrons. The summed E-state index contributed by atoms with van der Waals surface area (Å²) in [5, 5.41) is 0. The summed E-state index contributed by atoms with van der Waals surface area (Å²) in [6.45, 7) is 0.534. The maximum Gasteiger partial charge on any atom is 0.416 e. The van der Waals surface area contributed by atoms with E-state index in [9.17, 15) is 31.9 Å². The minimum Gasteiger partial charge on any atom is -0.339 e. The van der Waals surface area contributed by atoms with Crippen LogP contribution in [0, 0.1) is 5.82 Å². The van der Waals surface area contributed by atoms with E-state index >= 15 is 0 Å². The number of carbonyl (C=O) groups excluding carboxylic acids is 3. The lowest BCUT2D eigenvalue weighted by atomic mass is 10.0. The fourth-order valence-corrected chi connectivity index (χ4v) is 4.22. The van der Waals surface area contributed by atoms with Gasteiger partial charge in [-0.15, -0.1) is 0 Å². The summed E-state index contributed by atoms with van der Waals surface area (Å²) < 4.78 is 52.6. The smallest absolute Gasteiger partial charge is 0.339 e. The van der Waals surface area contributed by atoms with E-state index in [1.54, 1.807) is 12.1 Å². The molecule has 1 aliphatic heterocycles. The van der Waals surface area contributed by atoms with Gasteiger partial charge < -0.3 is 9.80 Å². The fraction of sp³-hybridized carbons (Fsp3) is 0.250. The molecule has 5 nitrogen and oxygen atoms in total. The Morgan fingerprint density at radius 2 is 1.30 bits per heavy atom. The Balaban J connectivity index is 1.28. The highest BCUT2D eigenvalue weighted by atomic mass is 19.4. The van der Waals surface area contributed by atoms with Crippen molar-refractivity contribution in [2.24, 2.45) is 0 Å². The lowest BCUT2D eigenvalue weighted by Crippen LogP contribution is -2.50.